The van der Waals surface area contributed by atoms with Crippen molar-refractivity contribution in [3.8, 4) is 0 Å². The van der Waals surface area contributed by atoms with Gasteiger partial charge in [0.1, 0.15) is 0 Å². The Morgan fingerprint density at radius 2 is 2.12 bits per heavy atom. The predicted molar refractivity (Wildman–Crippen MR) is 103 cm³/mol. The lowest BCUT2D eigenvalue weighted by molar-refractivity contribution is 0.0963. The van der Waals surface area contributed by atoms with E-state index in [2.05, 4.69) is 14.7 Å². The molecule has 0 bridgehead atoms. The summed E-state index contributed by atoms with van der Waals surface area (Å²) in [5, 5.41) is 3.21. The largest absolute Gasteiger partial charge is 0.355 e. The van der Waals surface area contributed by atoms with Crippen molar-refractivity contribution in [2.24, 2.45) is 4.99 Å². The first-order valence-corrected chi connectivity index (χ1v) is 9.07. The zero-order valence-corrected chi connectivity index (χ0v) is 15.8. The number of benzene rings is 2. The first kappa shape index (κ1) is 18.2. The number of hydrogen-bond acceptors (Lipinski definition) is 4. The third-order valence-corrected chi connectivity index (χ3v) is 5.02. The molecule has 2 aromatic carbocycles. The number of carbonyl (C=O) groups is 1. The molecule has 0 fully saturated rings. The van der Waals surface area contributed by atoms with Gasteiger partial charge in [-0.25, -0.2) is 9.79 Å². The minimum absolute atomic E-state index is 0.171. The summed E-state index contributed by atoms with van der Waals surface area (Å²) in [4.78, 5) is 29.0. The Morgan fingerprint density at radius 1 is 1.31 bits per heavy atom. The third kappa shape index (κ3) is 3.95. The van der Waals surface area contributed by atoms with Crippen LogP contribution in [0.5, 0.6) is 0 Å². The van der Waals surface area contributed by atoms with Gasteiger partial charge in [-0.05, 0) is 53.8 Å². The summed E-state index contributed by atoms with van der Waals surface area (Å²) in [6.45, 7) is 2.22. The first-order chi connectivity index (χ1) is 12.5. The van der Waals surface area contributed by atoms with Crippen LogP contribution in [-0.2, 0) is 6.54 Å². The summed E-state index contributed by atoms with van der Waals surface area (Å²) >= 11 is 7.30. The van der Waals surface area contributed by atoms with Crippen LogP contribution < -0.4 is 15.8 Å². The van der Waals surface area contributed by atoms with E-state index < -0.39 is 0 Å². The molecule has 0 spiro atoms. The maximum Gasteiger partial charge on any atom is 0.337 e. The average Bonchev–Trinajstić information content (AvgIpc) is 2.97. The quantitative estimate of drug-likeness (QED) is 0.720. The Labute approximate surface area is 159 Å². The smallest absolute Gasteiger partial charge is 0.337 e. The second kappa shape index (κ2) is 7.72. The third-order valence-electron chi connectivity index (χ3n) is 3.84. The topological polar surface area (TPSA) is 79.2 Å². The molecule has 3 rings (SSSR count). The highest BCUT2D eigenvalue weighted by Crippen LogP contribution is 2.21. The predicted octanol–water partition coefficient (Wildman–Crippen LogP) is 2.84. The van der Waals surface area contributed by atoms with Crippen molar-refractivity contribution < 1.29 is 4.79 Å². The molecule has 8 heteroatoms. The van der Waals surface area contributed by atoms with Gasteiger partial charge in [0.2, 0.25) is 4.80 Å². The van der Waals surface area contributed by atoms with Crippen LogP contribution in [0.15, 0.2) is 52.3 Å². The van der Waals surface area contributed by atoms with E-state index in [1.54, 1.807) is 31.3 Å². The van der Waals surface area contributed by atoms with Crippen LogP contribution in [0.4, 0.5) is 5.69 Å². The number of aromatic amines is 1. The van der Waals surface area contributed by atoms with Crippen molar-refractivity contribution in [3.05, 3.63) is 79.5 Å². The van der Waals surface area contributed by atoms with E-state index in [4.69, 9.17) is 11.6 Å². The number of amides is 1. The van der Waals surface area contributed by atoms with E-state index in [1.165, 1.54) is 4.57 Å². The van der Waals surface area contributed by atoms with E-state index in [-0.39, 0.29) is 11.6 Å². The van der Waals surface area contributed by atoms with Crippen LogP contribution in [0.25, 0.3) is 0 Å². The molecule has 6 nitrogen and oxygen atoms in total. The lowest BCUT2D eigenvalue weighted by Crippen LogP contribution is -2.27. The SMILES string of the molecule is CNC(=O)c1cccc(Cn2c(=O)[nH]s/c2=N\c2ccc(C)c(Cl)c2)c1. The molecule has 0 saturated heterocycles. The van der Waals surface area contributed by atoms with Crippen molar-refractivity contribution in [2.45, 2.75) is 13.5 Å². The van der Waals surface area contributed by atoms with Gasteiger partial charge in [0, 0.05) is 17.6 Å². The number of H-pyrrole nitrogens is 1. The number of nitrogens with zero attached hydrogens (tertiary/aromatic N) is 2. The van der Waals surface area contributed by atoms with Gasteiger partial charge in [0.25, 0.3) is 5.91 Å². The van der Waals surface area contributed by atoms with Gasteiger partial charge in [-0.1, -0.05) is 29.8 Å². The molecule has 134 valence electrons. The highest BCUT2D eigenvalue weighted by atomic mass is 35.5. The molecule has 0 aliphatic heterocycles. The zero-order valence-electron chi connectivity index (χ0n) is 14.2. The van der Waals surface area contributed by atoms with Gasteiger partial charge in [-0.15, -0.1) is 0 Å². The standard InChI is InChI=1S/C18H17ClN4O2S/c1-11-6-7-14(9-15(11)19)21-18-23(17(25)22-26-18)10-12-4-3-5-13(8-12)16(24)20-2/h3-9H,10H2,1-2H3,(H,20,24)(H,22,25)/b21-18-. The summed E-state index contributed by atoms with van der Waals surface area (Å²) < 4.78 is 4.22. The molecular weight excluding hydrogens is 372 g/mol. The summed E-state index contributed by atoms with van der Waals surface area (Å²) in [5.41, 5.74) is 2.76. The summed E-state index contributed by atoms with van der Waals surface area (Å²) in [7, 11) is 1.58. The molecule has 1 heterocycles. The van der Waals surface area contributed by atoms with Gasteiger partial charge >= 0.3 is 5.69 Å². The van der Waals surface area contributed by atoms with E-state index in [0.717, 1.165) is 22.7 Å². The maximum absolute atomic E-state index is 12.2. The van der Waals surface area contributed by atoms with E-state index >= 15 is 0 Å². The number of aryl methyl sites for hydroxylation is 1. The normalized spacial score (nSPS) is 11.6. The fourth-order valence-electron chi connectivity index (χ4n) is 2.41. The van der Waals surface area contributed by atoms with Gasteiger partial charge in [0.15, 0.2) is 0 Å². The fourth-order valence-corrected chi connectivity index (χ4v) is 3.28. The number of rotatable bonds is 4. The van der Waals surface area contributed by atoms with Gasteiger partial charge in [-0.2, -0.15) is 0 Å². The molecule has 0 aliphatic rings. The number of aromatic nitrogens is 2. The Balaban J connectivity index is 1.98. The highest BCUT2D eigenvalue weighted by Gasteiger charge is 2.08. The van der Waals surface area contributed by atoms with Crippen LogP contribution in [0.2, 0.25) is 5.02 Å². The van der Waals surface area contributed by atoms with Gasteiger partial charge < -0.3 is 5.32 Å². The molecule has 0 unspecified atom stereocenters. The Morgan fingerprint density at radius 3 is 2.85 bits per heavy atom. The van der Waals surface area contributed by atoms with Crippen LogP contribution >= 0.6 is 23.1 Å². The average molecular weight is 389 g/mol. The molecule has 2 N–H and O–H groups in total. The lowest BCUT2D eigenvalue weighted by atomic mass is 10.1. The van der Waals surface area contributed by atoms with Crippen molar-refractivity contribution in [1.29, 1.82) is 0 Å². The second-order valence-electron chi connectivity index (χ2n) is 5.70. The minimum atomic E-state index is -0.252. The van der Waals surface area contributed by atoms with Crippen molar-refractivity contribution >= 4 is 34.7 Å². The van der Waals surface area contributed by atoms with Crippen molar-refractivity contribution in [2.75, 3.05) is 7.05 Å². The van der Waals surface area contributed by atoms with Crippen molar-refractivity contribution in [1.82, 2.24) is 14.3 Å². The number of nitrogens with one attached hydrogen (secondary N) is 2. The molecule has 3 aromatic rings. The van der Waals surface area contributed by atoms with E-state index in [1.807, 2.05) is 25.1 Å². The molecule has 0 radical (unpaired) electrons. The lowest BCUT2D eigenvalue weighted by Gasteiger charge is -2.05. The molecule has 0 aliphatic carbocycles. The molecule has 1 aromatic heterocycles. The summed E-state index contributed by atoms with van der Waals surface area (Å²) in [6, 6.07) is 12.6. The van der Waals surface area contributed by atoms with Crippen molar-refractivity contribution in [3.63, 3.8) is 0 Å². The number of carbonyl (C=O) groups excluding carboxylic acids is 1. The molecule has 26 heavy (non-hydrogen) atoms. The summed E-state index contributed by atoms with van der Waals surface area (Å²) in [5.74, 6) is -0.171. The number of hydrogen-bond donors (Lipinski definition) is 2. The second-order valence-corrected chi connectivity index (χ2v) is 6.88. The van der Waals surface area contributed by atoms with Crippen LogP contribution in [0.1, 0.15) is 21.5 Å². The van der Waals surface area contributed by atoms with Crippen LogP contribution in [0.3, 0.4) is 0 Å². The maximum atomic E-state index is 12.2. The van der Waals surface area contributed by atoms with E-state index in [9.17, 15) is 9.59 Å². The Bertz CT molecular complexity index is 1080. The molecule has 0 atom stereocenters. The first-order valence-electron chi connectivity index (χ1n) is 7.88. The van der Waals surface area contributed by atoms with E-state index in [0.29, 0.717) is 27.6 Å². The molecule has 1 amide bonds. The minimum Gasteiger partial charge on any atom is -0.355 e. The highest BCUT2D eigenvalue weighted by molar-refractivity contribution is 7.02. The molecule has 0 saturated carbocycles. The molecular formula is C18H17ClN4O2S. The fraction of sp³-hybridized carbons (Fsp3) is 0.167. The Hall–Kier alpha value is -2.64. The zero-order chi connectivity index (χ0) is 18.7. The number of halogens is 1. The van der Waals surface area contributed by atoms with Gasteiger partial charge in [0.05, 0.1) is 12.2 Å². The van der Waals surface area contributed by atoms with Gasteiger partial charge in [-0.3, -0.25) is 13.7 Å². The monoisotopic (exact) mass is 388 g/mol. The van der Waals surface area contributed by atoms with Crippen LogP contribution in [-0.4, -0.2) is 21.9 Å². The Kier molecular flexibility index (Phi) is 5.39. The summed E-state index contributed by atoms with van der Waals surface area (Å²) in [6.07, 6.45) is 0. The van der Waals surface area contributed by atoms with Crippen LogP contribution in [0, 0.1) is 6.92 Å².